The Kier molecular flexibility index (Phi) is 4.66. The normalized spacial score (nSPS) is 20.5. The van der Waals surface area contributed by atoms with E-state index >= 15 is 0 Å². The standard InChI is InChI=1S/C18H23N3O3/c1-12-14-7-3-4-8-15(14)18(24)21(19-12)11-17(23)20(2)10-13-6-5-9-16(13)22/h3-4,7-8,13,16,22H,5-6,9-11H2,1-2H3. The molecule has 6 nitrogen and oxygen atoms in total. The van der Waals surface area contributed by atoms with Gasteiger partial charge in [0.2, 0.25) is 5.91 Å². The predicted octanol–water partition coefficient (Wildman–Crippen LogP) is 1.32. The minimum absolute atomic E-state index is 0.0795. The Morgan fingerprint density at radius 1 is 1.33 bits per heavy atom. The van der Waals surface area contributed by atoms with Gasteiger partial charge in [0, 0.05) is 24.9 Å². The smallest absolute Gasteiger partial charge is 0.275 e. The fourth-order valence-corrected chi connectivity index (χ4v) is 3.44. The molecule has 2 atom stereocenters. The largest absolute Gasteiger partial charge is 0.393 e. The number of carbonyl (C=O) groups is 1. The minimum atomic E-state index is -0.330. The van der Waals surface area contributed by atoms with Gasteiger partial charge < -0.3 is 10.0 Å². The minimum Gasteiger partial charge on any atom is -0.393 e. The first kappa shape index (κ1) is 16.6. The number of benzene rings is 1. The van der Waals surface area contributed by atoms with Gasteiger partial charge in [-0.1, -0.05) is 24.6 Å². The van der Waals surface area contributed by atoms with E-state index in [1.54, 1.807) is 18.0 Å². The third-order valence-corrected chi connectivity index (χ3v) is 4.89. The topological polar surface area (TPSA) is 75.4 Å². The molecule has 2 unspecified atom stereocenters. The van der Waals surface area contributed by atoms with Gasteiger partial charge in [-0.3, -0.25) is 9.59 Å². The van der Waals surface area contributed by atoms with Crippen LogP contribution in [-0.2, 0) is 11.3 Å². The van der Waals surface area contributed by atoms with Gasteiger partial charge in [-0.2, -0.15) is 5.10 Å². The molecule has 0 saturated heterocycles. The number of rotatable bonds is 4. The molecule has 2 aromatic rings. The molecule has 1 amide bonds. The molecule has 1 aliphatic rings. The van der Waals surface area contributed by atoms with E-state index in [1.165, 1.54) is 4.68 Å². The van der Waals surface area contributed by atoms with Gasteiger partial charge in [0.1, 0.15) is 6.54 Å². The van der Waals surface area contributed by atoms with Crippen molar-refractivity contribution in [2.24, 2.45) is 5.92 Å². The number of aromatic nitrogens is 2. The van der Waals surface area contributed by atoms with Crippen molar-refractivity contribution in [3.63, 3.8) is 0 Å². The number of amides is 1. The first-order valence-electron chi connectivity index (χ1n) is 8.36. The Morgan fingerprint density at radius 3 is 2.71 bits per heavy atom. The second-order valence-corrected chi connectivity index (χ2v) is 6.63. The average molecular weight is 329 g/mol. The van der Waals surface area contributed by atoms with Crippen molar-refractivity contribution >= 4 is 16.7 Å². The molecular weight excluding hydrogens is 306 g/mol. The highest BCUT2D eigenvalue weighted by Crippen LogP contribution is 2.26. The van der Waals surface area contributed by atoms with Crippen molar-refractivity contribution in [2.75, 3.05) is 13.6 Å². The summed E-state index contributed by atoms with van der Waals surface area (Å²) in [5, 5.41) is 15.6. The maximum Gasteiger partial charge on any atom is 0.275 e. The Bertz CT molecular complexity index is 815. The van der Waals surface area contributed by atoms with E-state index in [9.17, 15) is 14.7 Å². The van der Waals surface area contributed by atoms with Crippen LogP contribution in [0, 0.1) is 12.8 Å². The van der Waals surface area contributed by atoms with E-state index < -0.39 is 0 Å². The second kappa shape index (κ2) is 6.73. The molecule has 0 radical (unpaired) electrons. The van der Waals surface area contributed by atoms with E-state index in [0.717, 1.165) is 30.3 Å². The SMILES string of the molecule is Cc1nn(CC(=O)N(C)CC2CCCC2O)c(=O)c2ccccc12. The maximum absolute atomic E-state index is 12.5. The van der Waals surface area contributed by atoms with Crippen molar-refractivity contribution in [2.45, 2.75) is 38.8 Å². The number of fused-ring (bicyclic) bond motifs is 1. The van der Waals surface area contributed by atoms with Crippen molar-refractivity contribution in [1.82, 2.24) is 14.7 Å². The van der Waals surface area contributed by atoms with Gasteiger partial charge in [-0.15, -0.1) is 0 Å². The van der Waals surface area contributed by atoms with Crippen LogP contribution >= 0.6 is 0 Å². The zero-order valence-electron chi connectivity index (χ0n) is 14.1. The highest BCUT2D eigenvalue weighted by atomic mass is 16.3. The molecule has 1 fully saturated rings. The van der Waals surface area contributed by atoms with Gasteiger partial charge in [0.25, 0.3) is 5.56 Å². The van der Waals surface area contributed by atoms with Crippen LogP contribution in [0.15, 0.2) is 29.1 Å². The predicted molar refractivity (Wildman–Crippen MR) is 91.7 cm³/mol. The molecule has 1 aromatic heterocycles. The molecule has 1 N–H and O–H groups in total. The zero-order valence-corrected chi connectivity index (χ0v) is 14.1. The number of hydrogen-bond donors (Lipinski definition) is 1. The molecule has 128 valence electrons. The summed E-state index contributed by atoms with van der Waals surface area (Å²) in [6, 6.07) is 7.29. The third kappa shape index (κ3) is 3.19. The molecular formula is C18H23N3O3. The fourth-order valence-electron chi connectivity index (χ4n) is 3.44. The van der Waals surface area contributed by atoms with Gasteiger partial charge in [-0.05, 0) is 25.8 Å². The number of carbonyl (C=O) groups excluding carboxylic acids is 1. The van der Waals surface area contributed by atoms with Crippen LogP contribution in [0.2, 0.25) is 0 Å². The summed E-state index contributed by atoms with van der Waals surface area (Å²) >= 11 is 0. The van der Waals surface area contributed by atoms with Crippen LogP contribution < -0.4 is 5.56 Å². The Hall–Kier alpha value is -2.21. The van der Waals surface area contributed by atoms with Crippen LogP contribution in [0.25, 0.3) is 10.8 Å². The number of hydrogen-bond acceptors (Lipinski definition) is 4. The molecule has 1 aromatic carbocycles. The summed E-state index contributed by atoms with van der Waals surface area (Å²) in [4.78, 5) is 26.6. The maximum atomic E-state index is 12.5. The Balaban J connectivity index is 1.78. The highest BCUT2D eigenvalue weighted by molar-refractivity contribution is 5.83. The number of likely N-dealkylation sites (N-methyl/N-ethyl adjacent to an activating group) is 1. The van der Waals surface area contributed by atoms with E-state index in [4.69, 9.17) is 0 Å². The zero-order chi connectivity index (χ0) is 17.3. The van der Waals surface area contributed by atoms with Gasteiger partial charge in [0.15, 0.2) is 0 Å². The molecule has 0 aliphatic heterocycles. The number of aliphatic hydroxyl groups excluding tert-OH is 1. The van der Waals surface area contributed by atoms with Gasteiger partial charge in [0.05, 0.1) is 17.2 Å². The van der Waals surface area contributed by atoms with Crippen LogP contribution in [0.5, 0.6) is 0 Å². The molecule has 0 spiro atoms. The lowest BCUT2D eigenvalue weighted by atomic mass is 10.1. The summed E-state index contributed by atoms with van der Waals surface area (Å²) < 4.78 is 1.24. The van der Waals surface area contributed by atoms with Gasteiger partial charge >= 0.3 is 0 Å². The summed E-state index contributed by atoms with van der Waals surface area (Å²) in [5.41, 5.74) is 0.478. The average Bonchev–Trinajstić information content (AvgIpc) is 2.97. The van der Waals surface area contributed by atoms with Gasteiger partial charge in [-0.25, -0.2) is 4.68 Å². The van der Waals surface area contributed by atoms with E-state index in [-0.39, 0.29) is 30.0 Å². The number of nitrogens with zero attached hydrogens (tertiary/aromatic N) is 3. The monoisotopic (exact) mass is 329 g/mol. The van der Waals surface area contributed by atoms with Crippen LogP contribution in [0.4, 0.5) is 0 Å². The summed E-state index contributed by atoms with van der Waals surface area (Å²) in [6.45, 7) is 2.27. The number of aliphatic hydroxyl groups is 1. The van der Waals surface area contributed by atoms with E-state index in [2.05, 4.69) is 5.10 Å². The molecule has 1 heterocycles. The van der Waals surface area contributed by atoms with E-state index in [0.29, 0.717) is 11.9 Å². The summed E-state index contributed by atoms with van der Waals surface area (Å²) in [6.07, 6.45) is 2.41. The van der Waals surface area contributed by atoms with Crippen LogP contribution in [-0.4, -0.2) is 45.4 Å². The van der Waals surface area contributed by atoms with E-state index in [1.807, 2.05) is 25.1 Å². The van der Waals surface area contributed by atoms with Crippen molar-refractivity contribution in [3.05, 3.63) is 40.3 Å². The van der Waals surface area contributed by atoms with Crippen molar-refractivity contribution in [3.8, 4) is 0 Å². The third-order valence-electron chi connectivity index (χ3n) is 4.89. The first-order chi connectivity index (χ1) is 11.5. The molecule has 1 aliphatic carbocycles. The Morgan fingerprint density at radius 2 is 2.04 bits per heavy atom. The molecule has 24 heavy (non-hydrogen) atoms. The van der Waals surface area contributed by atoms with Crippen LogP contribution in [0.3, 0.4) is 0 Å². The van der Waals surface area contributed by atoms with Crippen molar-refractivity contribution < 1.29 is 9.90 Å². The lowest BCUT2D eigenvalue weighted by Crippen LogP contribution is -2.39. The highest BCUT2D eigenvalue weighted by Gasteiger charge is 2.27. The van der Waals surface area contributed by atoms with Crippen LogP contribution in [0.1, 0.15) is 25.0 Å². The Labute approximate surface area is 140 Å². The molecule has 0 bridgehead atoms. The summed E-state index contributed by atoms with van der Waals surface area (Å²) in [5.74, 6) is -0.0413. The van der Waals surface area contributed by atoms with Crippen molar-refractivity contribution in [1.29, 1.82) is 0 Å². The summed E-state index contributed by atoms with van der Waals surface area (Å²) in [7, 11) is 1.71. The lowest BCUT2D eigenvalue weighted by Gasteiger charge is -2.23. The first-order valence-corrected chi connectivity index (χ1v) is 8.36. The lowest BCUT2D eigenvalue weighted by molar-refractivity contribution is -0.131. The molecule has 3 rings (SSSR count). The molecule has 1 saturated carbocycles. The number of aryl methyl sites for hydroxylation is 1. The molecule has 6 heteroatoms. The quantitative estimate of drug-likeness (QED) is 0.918. The fraction of sp³-hybridized carbons (Fsp3) is 0.500. The second-order valence-electron chi connectivity index (χ2n) is 6.63.